The van der Waals surface area contributed by atoms with Gasteiger partial charge in [0.05, 0.1) is 6.61 Å². The maximum atomic E-state index is 9.50. The zero-order valence-corrected chi connectivity index (χ0v) is 10.4. The molecule has 82 valence electrons. The average Bonchev–Trinajstić information content (AvgIpc) is 2.75. The number of hydrogen-bond acceptors (Lipinski definition) is 1. The van der Waals surface area contributed by atoms with E-state index in [4.69, 9.17) is 0 Å². The van der Waals surface area contributed by atoms with Crippen molar-refractivity contribution in [3.63, 3.8) is 0 Å². The molecule has 1 aromatic carbocycles. The lowest BCUT2D eigenvalue weighted by Gasteiger charge is -2.21. The summed E-state index contributed by atoms with van der Waals surface area (Å²) in [7, 11) is 0. The third-order valence-corrected chi connectivity index (χ3v) is 3.99. The van der Waals surface area contributed by atoms with Gasteiger partial charge in [-0.3, -0.25) is 0 Å². The van der Waals surface area contributed by atoms with Crippen LogP contribution in [0.1, 0.15) is 37.2 Å². The molecule has 0 spiro atoms. The smallest absolute Gasteiger partial charge is 0.0502 e. The quantitative estimate of drug-likeness (QED) is 0.886. The summed E-state index contributed by atoms with van der Waals surface area (Å²) in [4.78, 5) is 0. The Morgan fingerprint density at radius 2 is 1.80 bits per heavy atom. The first-order valence-electron chi connectivity index (χ1n) is 5.67. The maximum Gasteiger partial charge on any atom is 0.0502 e. The summed E-state index contributed by atoms with van der Waals surface area (Å²) >= 11 is 3.44. The molecule has 1 aliphatic carbocycles. The molecule has 0 aliphatic heterocycles. The highest BCUT2D eigenvalue weighted by molar-refractivity contribution is 9.10. The molecule has 0 radical (unpaired) electrons. The number of hydrogen-bond donors (Lipinski definition) is 1. The topological polar surface area (TPSA) is 20.2 Å². The first-order valence-corrected chi connectivity index (χ1v) is 6.47. The molecule has 0 aromatic heterocycles. The standard InChI is InChI=1S/C13H17BrO/c14-12-7-5-11(6-8-12)13(9-15)10-3-1-2-4-10/h5-8,10,13,15H,1-4,9H2/t13-/m1/s1. The molecule has 1 atom stereocenters. The average molecular weight is 269 g/mol. The maximum absolute atomic E-state index is 9.50. The highest BCUT2D eigenvalue weighted by Crippen LogP contribution is 2.37. The summed E-state index contributed by atoms with van der Waals surface area (Å²) in [6, 6.07) is 8.38. The van der Waals surface area contributed by atoms with Crippen LogP contribution in [-0.2, 0) is 0 Å². The first-order chi connectivity index (χ1) is 7.31. The van der Waals surface area contributed by atoms with Crippen LogP contribution < -0.4 is 0 Å². The minimum atomic E-state index is 0.284. The number of rotatable bonds is 3. The second-order valence-electron chi connectivity index (χ2n) is 4.39. The second kappa shape index (κ2) is 5.13. The van der Waals surface area contributed by atoms with E-state index in [0.717, 1.165) is 4.47 Å². The Hall–Kier alpha value is -0.340. The number of aliphatic hydroxyl groups excluding tert-OH is 1. The lowest BCUT2D eigenvalue weighted by Crippen LogP contribution is -2.13. The molecule has 0 bridgehead atoms. The van der Waals surface area contributed by atoms with Crippen molar-refractivity contribution in [2.45, 2.75) is 31.6 Å². The highest BCUT2D eigenvalue weighted by atomic mass is 79.9. The Bertz CT molecular complexity index is 301. The lowest BCUT2D eigenvalue weighted by molar-refractivity contribution is 0.226. The van der Waals surface area contributed by atoms with Crippen molar-refractivity contribution in [3.8, 4) is 0 Å². The van der Waals surface area contributed by atoms with E-state index in [-0.39, 0.29) is 6.61 Å². The van der Waals surface area contributed by atoms with Gasteiger partial charge in [-0.2, -0.15) is 0 Å². The molecular formula is C13H17BrO. The molecular weight excluding hydrogens is 252 g/mol. The van der Waals surface area contributed by atoms with E-state index in [1.165, 1.54) is 31.2 Å². The largest absolute Gasteiger partial charge is 0.396 e. The molecule has 1 nitrogen and oxygen atoms in total. The summed E-state index contributed by atoms with van der Waals surface area (Å²) < 4.78 is 1.11. The van der Waals surface area contributed by atoms with Gasteiger partial charge in [0.25, 0.3) is 0 Å². The molecule has 1 saturated carbocycles. The molecule has 0 heterocycles. The Morgan fingerprint density at radius 3 is 2.33 bits per heavy atom. The third kappa shape index (κ3) is 2.61. The predicted molar refractivity (Wildman–Crippen MR) is 65.9 cm³/mol. The summed E-state index contributed by atoms with van der Waals surface area (Å²) in [6.07, 6.45) is 5.22. The van der Waals surface area contributed by atoms with Crippen LogP contribution in [0.3, 0.4) is 0 Å². The van der Waals surface area contributed by atoms with Crippen molar-refractivity contribution < 1.29 is 5.11 Å². The molecule has 1 fully saturated rings. The van der Waals surface area contributed by atoms with Crippen molar-refractivity contribution in [2.24, 2.45) is 5.92 Å². The fraction of sp³-hybridized carbons (Fsp3) is 0.538. The van der Waals surface area contributed by atoms with Gasteiger partial charge in [-0.1, -0.05) is 40.9 Å². The number of benzene rings is 1. The minimum absolute atomic E-state index is 0.284. The Balaban J connectivity index is 2.14. The van der Waals surface area contributed by atoms with Gasteiger partial charge in [-0.05, 0) is 36.5 Å². The van der Waals surface area contributed by atoms with Crippen LogP contribution in [0, 0.1) is 5.92 Å². The van der Waals surface area contributed by atoms with Crippen molar-refractivity contribution in [2.75, 3.05) is 6.61 Å². The van der Waals surface area contributed by atoms with E-state index in [2.05, 4.69) is 40.2 Å². The van der Waals surface area contributed by atoms with Crippen LogP contribution in [0.5, 0.6) is 0 Å². The molecule has 0 unspecified atom stereocenters. The van der Waals surface area contributed by atoms with Crippen LogP contribution >= 0.6 is 15.9 Å². The van der Waals surface area contributed by atoms with Gasteiger partial charge in [0.1, 0.15) is 0 Å². The van der Waals surface area contributed by atoms with Gasteiger partial charge in [0.15, 0.2) is 0 Å². The highest BCUT2D eigenvalue weighted by Gasteiger charge is 2.25. The van der Waals surface area contributed by atoms with Gasteiger partial charge in [-0.15, -0.1) is 0 Å². The molecule has 15 heavy (non-hydrogen) atoms. The van der Waals surface area contributed by atoms with Crippen LogP contribution in [0.4, 0.5) is 0 Å². The molecule has 0 saturated heterocycles. The van der Waals surface area contributed by atoms with Crippen LogP contribution in [0.2, 0.25) is 0 Å². The lowest BCUT2D eigenvalue weighted by atomic mass is 9.85. The van der Waals surface area contributed by atoms with E-state index >= 15 is 0 Å². The molecule has 1 N–H and O–H groups in total. The second-order valence-corrected chi connectivity index (χ2v) is 5.30. The summed E-state index contributed by atoms with van der Waals surface area (Å²) in [5, 5.41) is 9.50. The van der Waals surface area contributed by atoms with Crippen LogP contribution in [0.15, 0.2) is 28.7 Å². The van der Waals surface area contributed by atoms with Gasteiger partial charge in [0.2, 0.25) is 0 Å². The van der Waals surface area contributed by atoms with E-state index in [0.29, 0.717) is 11.8 Å². The molecule has 0 amide bonds. The van der Waals surface area contributed by atoms with Crippen molar-refractivity contribution in [3.05, 3.63) is 34.3 Å². The predicted octanol–water partition coefficient (Wildman–Crippen LogP) is 3.72. The van der Waals surface area contributed by atoms with Gasteiger partial charge < -0.3 is 5.11 Å². The summed E-state index contributed by atoms with van der Waals surface area (Å²) in [6.45, 7) is 0.284. The summed E-state index contributed by atoms with van der Waals surface area (Å²) in [5.41, 5.74) is 1.28. The Kier molecular flexibility index (Phi) is 3.81. The van der Waals surface area contributed by atoms with Gasteiger partial charge in [-0.25, -0.2) is 0 Å². The number of halogens is 1. The zero-order valence-electron chi connectivity index (χ0n) is 8.82. The van der Waals surface area contributed by atoms with E-state index in [1.807, 2.05) is 0 Å². The Morgan fingerprint density at radius 1 is 1.20 bits per heavy atom. The van der Waals surface area contributed by atoms with Crippen molar-refractivity contribution in [1.82, 2.24) is 0 Å². The first kappa shape index (κ1) is 11.2. The summed E-state index contributed by atoms with van der Waals surface area (Å²) in [5.74, 6) is 1.04. The SMILES string of the molecule is OC[C@@H](c1ccc(Br)cc1)C1CCCC1. The van der Waals surface area contributed by atoms with Gasteiger partial charge in [0, 0.05) is 10.4 Å². The van der Waals surface area contributed by atoms with E-state index in [1.54, 1.807) is 0 Å². The number of aliphatic hydroxyl groups is 1. The fourth-order valence-electron chi connectivity index (χ4n) is 2.60. The fourth-order valence-corrected chi connectivity index (χ4v) is 2.86. The van der Waals surface area contributed by atoms with Crippen molar-refractivity contribution in [1.29, 1.82) is 0 Å². The molecule has 1 aliphatic rings. The Labute approximate surface area is 99.6 Å². The zero-order chi connectivity index (χ0) is 10.7. The minimum Gasteiger partial charge on any atom is -0.396 e. The van der Waals surface area contributed by atoms with Crippen molar-refractivity contribution >= 4 is 15.9 Å². The molecule has 2 heteroatoms. The van der Waals surface area contributed by atoms with Crippen LogP contribution in [-0.4, -0.2) is 11.7 Å². The monoisotopic (exact) mass is 268 g/mol. The van der Waals surface area contributed by atoms with E-state index in [9.17, 15) is 5.11 Å². The molecule has 1 aromatic rings. The third-order valence-electron chi connectivity index (χ3n) is 3.46. The van der Waals surface area contributed by atoms with Crippen LogP contribution in [0.25, 0.3) is 0 Å². The van der Waals surface area contributed by atoms with E-state index < -0.39 is 0 Å². The van der Waals surface area contributed by atoms with Gasteiger partial charge >= 0.3 is 0 Å². The molecule has 2 rings (SSSR count). The normalized spacial score (nSPS) is 19.3.